The van der Waals surface area contributed by atoms with Crippen LogP contribution < -0.4 is 10.6 Å². The van der Waals surface area contributed by atoms with Gasteiger partial charge in [0.25, 0.3) is 5.91 Å². The maximum absolute atomic E-state index is 12.1. The zero-order valence-electron chi connectivity index (χ0n) is 11.1. The average Bonchev–Trinajstić information content (AvgIpc) is 3.10. The maximum atomic E-state index is 12.1. The molecule has 1 aromatic rings. The molecule has 3 N–H and O–H groups in total. The number of amides is 2. The van der Waals surface area contributed by atoms with Gasteiger partial charge in [-0.1, -0.05) is 0 Å². The van der Waals surface area contributed by atoms with Crippen molar-refractivity contribution in [1.29, 1.82) is 0 Å². The third-order valence-corrected chi connectivity index (χ3v) is 3.99. The zero-order valence-corrected chi connectivity index (χ0v) is 11.9. The highest BCUT2D eigenvalue weighted by Gasteiger charge is 2.48. The van der Waals surface area contributed by atoms with Gasteiger partial charge in [-0.05, 0) is 25.7 Å². The lowest BCUT2D eigenvalue weighted by molar-refractivity contribution is -0.144. The summed E-state index contributed by atoms with van der Waals surface area (Å²) in [4.78, 5) is 38.2. The molecule has 0 radical (unpaired) electrons. The van der Waals surface area contributed by atoms with Gasteiger partial charge in [0.15, 0.2) is 5.13 Å². The van der Waals surface area contributed by atoms with Gasteiger partial charge < -0.3 is 15.7 Å². The van der Waals surface area contributed by atoms with Gasteiger partial charge in [0.1, 0.15) is 11.2 Å². The van der Waals surface area contributed by atoms with Crippen molar-refractivity contribution >= 4 is 34.3 Å². The number of carbonyl (C=O) groups excluding carboxylic acids is 2. The Labute approximate surface area is 119 Å². The quantitative estimate of drug-likeness (QED) is 0.753. The lowest BCUT2D eigenvalue weighted by atomic mass is 9.96. The minimum absolute atomic E-state index is 0.0441. The Morgan fingerprint density at radius 3 is 2.60 bits per heavy atom. The van der Waals surface area contributed by atoms with Crippen LogP contribution in [-0.2, 0) is 9.59 Å². The first-order chi connectivity index (χ1) is 9.33. The lowest BCUT2D eigenvalue weighted by Crippen LogP contribution is -2.54. The number of carboxylic acids is 1. The molecule has 1 aliphatic rings. The van der Waals surface area contributed by atoms with Crippen LogP contribution in [0.5, 0.6) is 0 Å². The fourth-order valence-electron chi connectivity index (χ4n) is 1.88. The van der Waals surface area contributed by atoms with Gasteiger partial charge in [0, 0.05) is 12.3 Å². The summed E-state index contributed by atoms with van der Waals surface area (Å²) in [6.07, 6.45) is 1.58. The third-order valence-electron chi connectivity index (χ3n) is 3.23. The molecule has 1 saturated carbocycles. The minimum Gasteiger partial charge on any atom is -0.480 e. The highest BCUT2D eigenvalue weighted by molar-refractivity contribution is 7.14. The molecule has 0 bridgehead atoms. The molecule has 1 aliphatic carbocycles. The van der Waals surface area contributed by atoms with Gasteiger partial charge >= 0.3 is 5.97 Å². The Hall–Kier alpha value is -1.96. The summed E-state index contributed by atoms with van der Waals surface area (Å²) in [6, 6.07) is 0. The number of thiazole rings is 1. The van der Waals surface area contributed by atoms with Gasteiger partial charge in [0.2, 0.25) is 5.91 Å². The van der Waals surface area contributed by atoms with Crippen molar-refractivity contribution in [2.45, 2.75) is 32.2 Å². The predicted molar refractivity (Wildman–Crippen MR) is 72.6 cm³/mol. The molecule has 1 aromatic heterocycles. The number of rotatable bonds is 5. The van der Waals surface area contributed by atoms with Crippen molar-refractivity contribution in [3.05, 3.63) is 11.1 Å². The monoisotopic (exact) mass is 297 g/mol. The van der Waals surface area contributed by atoms with Crippen molar-refractivity contribution in [2.75, 3.05) is 5.32 Å². The van der Waals surface area contributed by atoms with Gasteiger partial charge in [-0.15, -0.1) is 11.3 Å². The Balaban J connectivity index is 2.09. The number of aromatic nitrogens is 1. The fourth-order valence-corrected chi connectivity index (χ4v) is 2.61. The minimum atomic E-state index is -1.27. The summed E-state index contributed by atoms with van der Waals surface area (Å²) in [5, 5.41) is 16.1. The first-order valence-electron chi connectivity index (χ1n) is 6.12. The van der Waals surface area contributed by atoms with Crippen molar-refractivity contribution < 1.29 is 19.5 Å². The normalized spacial score (nSPS) is 17.1. The van der Waals surface area contributed by atoms with Crippen LogP contribution in [-0.4, -0.2) is 33.4 Å². The Bertz CT molecular complexity index is 567. The molecule has 2 rings (SSSR count). The Morgan fingerprint density at radius 1 is 1.45 bits per heavy atom. The molecular formula is C12H15N3O4S. The predicted octanol–water partition coefficient (Wildman–Crippen LogP) is 1.08. The summed E-state index contributed by atoms with van der Waals surface area (Å²) in [5.74, 6) is -1.92. The third kappa shape index (κ3) is 2.96. The van der Waals surface area contributed by atoms with E-state index in [1.54, 1.807) is 0 Å². The lowest BCUT2D eigenvalue weighted by Gasteiger charge is -2.25. The van der Waals surface area contributed by atoms with Gasteiger partial charge in [-0.2, -0.15) is 0 Å². The molecule has 0 aliphatic heterocycles. The molecule has 108 valence electrons. The van der Waals surface area contributed by atoms with Crippen molar-refractivity contribution in [1.82, 2.24) is 10.3 Å². The summed E-state index contributed by atoms with van der Waals surface area (Å²) in [5.41, 5.74) is -1.17. The highest BCUT2D eigenvalue weighted by atomic mass is 32.1. The molecule has 1 atom stereocenters. The first-order valence-corrected chi connectivity index (χ1v) is 7.00. The fraction of sp³-hybridized carbons (Fsp3) is 0.500. The molecule has 1 fully saturated rings. The molecule has 7 nitrogen and oxygen atoms in total. The van der Waals surface area contributed by atoms with Crippen LogP contribution >= 0.6 is 11.3 Å². The Morgan fingerprint density at radius 2 is 2.10 bits per heavy atom. The van der Waals surface area contributed by atoms with Gasteiger partial charge in [-0.3, -0.25) is 9.59 Å². The number of carboxylic acid groups (broad SMARTS) is 1. The van der Waals surface area contributed by atoms with E-state index in [-0.39, 0.29) is 17.5 Å². The Kier molecular flexibility index (Phi) is 3.76. The van der Waals surface area contributed by atoms with Crippen LogP contribution in [0.3, 0.4) is 0 Å². The second kappa shape index (κ2) is 5.20. The van der Waals surface area contributed by atoms with Crippen molar-refractivity contribution in [3.63, 3.8) is 0 Å². The van der Waals surface area contributed by atoms with E-state index in [0.717, 1.165) is 24.2 Å². The van der Waals surface area contributed by atoms with Crippen LogP contribution in [0.2, 0.25) is 0 Å². The average molecular weight is 297 g/mol. The SMILES string of the molecule is CC(=O)Nc1nc(C(=O)NC(C)(C(=O)O)C2CC2)cs1. The molecule has 20 heavy (non-hydrogen) atoms. The standard InChI is InChI=1S/C12H15N3O4S/c1-6(16)13-11-14-8(5-20-11)9(17)15-12(2,10(18)19)7-3-4-7/h5,7H,3-4H2,1-2H3,(H,15,17)(H,18,19)(H,13,14,16). The largest absolute Gasteiger partial charge is 0.480 e. The van der Waals surface area contributed by atoms with E-state index in [1.807, 2.05) is 0 Å². The second-order valence-corrected chi connectivity index (χ2v) is 5.81. The van der Waals surface area contributed by atoms with E-state index in [4.69, 9.17) is 0 Å². The molecule has 2 amide bonds. The number of hydrogen-bond acceptors (Lipinski definition) is 5. The number of carbonyl (C=O) groups is 3. The van der Waals surface area contributed by atoms with Crippen LogP contribution in [0, 0.1) is 5.92 Å². The number of nitrogens with zero attached hydrogens (tertiary/aromatic N) is 1. The summed E-state index contributed by atoms with van der Waals surface area (Å²) < 4.78 is 0. The van der Waals surface area contributed by atoms with E-state index in [2.05, 4.69) is 15.6 Å². The number of nitrogens with one attached hydrogen (secondary N) is 2. The van der Waals surface area contributed by atoms with E-state index < -0.39 is 17.4 Å². The number of aliphatic carboxylic acids is 1. The molecular weight excluding hydrogens is 282 g/mol. The molecule has 8 heteroatoms. The van der Waals surface area contributed by atoms with Gasteiger partial charge in [-0.25, -0.2) is 9.78 Å². The first kappa shape index (κ1) is 14.4. The van der Waals surface area contributed by atoms with Crippen LogP contribution in [0.1, 0.15) is 37.2 Å². The number of hydrogen-bond donors (Lipinski definition) is 3. The van der Waals surface area contributed by atoms with E-state index in [0.29, 0.717) is 5.13 Å². The van der Waals surface area contributed by atoms with E-state index >= 15 is 0 Å². The summed E-state index contributed by atoms with van der Waals surface area (Å²) in [7, 11) is 0. The molecule has 1 heterocycles. The number of anilines is 1. The smallest absolute Gasteiger partial charge is 0.329 e. The zero-order chi connectivity index (χ0) is 14.9. The van der Waals surface area contributed by atoms with E-state index in [1.165, 1.54) is 19.2 Å². The maximum Gasteiger partial charge on any atom is 0.329 e. The topological polar surface area (TPSA) is 108 Å². The van der Waals surface area contributed by atoms with Crippen molar-refractivity contribution in [3.8, 4) is 0 Å². The van der Waals surface area contributed by atoms with Crippen LogP contribution in [0.15, 0.2) is 5.38 Å². The highest BCUT2D eigenvalue weighted by Crippen LogP contribution is 2.39. The van der Waals surface area contributed by atoms with Gasteiger partial charge in [0.05, 0.1) is 0 Å². The van der Waals surface area contributed by atoms with Crippen LogP contribution in [0.25, 0.3) is 0 Å². The van der Waals surface area contributed by atoms with Crippen LogP contribution in [0.4, 0.5) is 5.13 Å². The molecule has 0 spiro atoms. The second-order valence-electron chi connectivity index (χ2n) is 4.95. The van der Waals surface area contributed by atoms with E-state index in [9.17, 15) is 19.5 Å². The summed E-state index contributed by atoms with van der Waals surface area (Å²) in [6.45, 7) is 2.85. The molecule has 0 saturated heterocycles. The molecule has 1 unspecified atom stereocenters. The molecule has 0 aromatic carbocycles. The summed E-state index contributed by atoms with van der Waals surface area (Å²) >= 11 is 1.11. The van der Waals surface area contributed by atoms with Crippen molar-refractivity contribution in [2.24, 2.45) is 5.92 Å².